The highest BCUT2D eigenvalue weighted by atomic mass is 35.5. The van der Waals surface area contributed by atoms with Crippen LogP contribution in [0.4, 0.5) is 27.6 Å². The molecule has 14 heteroatoms. The number of rotatable bonds is 7. The Bertz CT molecular complexity index is 1640. The van der Waals surface area contributed by atoms with Crippen LogP contribution >= 0.6 is 23.2 Å². The van der Waals surface area contributed by atoms with E-state index in [2.05, 4.69) is 21.4 Å². The van der Waals surface area contributed by atoms with Crippen molar-refractivity contribution in [1.82, 2.24) is 5.32 Å². The maximum absolute atomic E-state index is 15.8. The van der Waals surface area contributed by atoms with E-state index in [4.69, 9.17) is 28.9 Å². The molecular formula is C31H29Cl2F5N4O3. The quantitative estimate of drug-likeness (QED) is 0.158. The number of benzene rings is 3. The molecule has 7 nitrogen and oxygen atoms in total. The minimum atomic E-state index is -5.15. The van der Waals surface area contributed by atoms with Gasteiger partial charge in [-0.15, -0.1) is 13.2 Å². The van der Waals surface area contributed by atoms with Crippen molar-refractivity contribution < 1.29 is 36.6 Å². The number of nitrogens with one attached hydrogen (secondary N) is 2. The summed E-state index contributed by atoms with van der Waals surface area (Å²) >= 11 is 12.2. The maximum Gasteiger partial charge on any atom is 0.573 e. The number of hydrogen-bond acceptors (Lipinski definition) is 6. The summed E-state index contributed by atoms with van der Waals surface area (Å²) in [5, 5.41) is 26.0. The number of nitriles is 1. The summed E-state index contributed by atoms with van der Waals surface area (Å²) in [7, 11) is 0. The summed E-state index contributed by atoms with van der Waals surface area (Å²) in [5.41, 5.74) is 2.07. The van der Waals surface area contributed by atoms with Crippen LogP contribution < -0.4 is 21.1 Å². The number of ether oxygens (including phenoxy) is 1. The van der Waals surface area contributed by atoms with Crippen molar-refractivity contribution in [2.75, 3.05) is 5.32 Å². The fourth-order valence-electron chi connectivity index (χ4n) is 5.85. The third-order valence-corrected chi connectivity index (χ3v) is 8.08. The van der Waals surface area contributed by atoms with E-state index in [-0.39, 0.29) is 33.3 Å². The highest BCUT2D eigenvalue weighted by Crippen LogP contribution is 2.53. The molecule has 0 spiro atoms. The zero-order valence-corrected chi connectivity index (χ0v) is 25.7. The van der Waals surface area contributed by atoms with Crippen LogP contribution in [0.15, 0.2) is 54.6 Å². The molecule has 0 radical (unpaired) electrons. The summed E-state index contributed by atoms with van der Waals surface area (Å²) in [6.45, 7) is 5.60. The monoisotopic (exact) mass is 670 g/mol. The number of alkyl halides is 3. The van der Waals surface area contributed by atoms with Gasteiger partial charge in [0, 0.05) is 39.9 Å². The third kappa shape index (κ3) is 7.18. The van der Waals surface area contributed by atoms with Gasteiger partial charge in [0.15, 0.2) is 0 Å². The highest BCUT2D eigenvalue weighted by molar-refractivity contribution is 6.31. The summed E-state index contributed by atoms with van der Waals surface area (Å²) in [6, 6.07) is 10.6. The lowest BCUT2D eigenvalue weighted by Crippen LogP contribution is -2.45. The Hall–Kier alpha value is -3.47. The molecule has 5 atom stereocenters. The Balaban J connectivity index is 1.91. The highest BCUT2D eigenvalue weighted by Gasteiger charge is 2.61. The summed E-state index contributed by atoms with van der Waals surface area (Å²) in [4.78, 5) is 14.0. The molecule has 1 aliphatic rings. The average molecular weight is 671 g/mol. The van der Waals surface area contributed by atoms with Crippen molar-refractivity contribution >= 4 is 34.8 Å². The Morgan fingerprint density at radius 3 is 2.42 bits per heavy atom. The van der Waals surface area contributed by atoms with E-state index in [0.717, 1.165) is 18.2 Å². The average Bonchev–Trinajstić information content (AvgIpc) is 3.22. The van der Waals surface area contributed by atoms with Gasteiger partial charge in [-0.25, -0.2) is 8.78 Å². The number of hydrogen-bond donors (Lipinski definition) is 4. The number of aliphatic hydroxyl groups is 1. The molecule has 1 saturated heterocycles. The molecule has 1 aliphatic heterocycles. The van der Waals surface area contributed by atoms with Crippen LogP contribution in [0, 0.1) is 28.4 Å². The van der Waals surface area contributed by atoms with E-state index in [0.29, 0.717) is 0 Å². The Morgan fingerprint density at radius 2 is 1.84 bits per heavy atom. The van der Waals surface area contributed by atoms with Crippen LogP contribution in [-0.4, -0.2) is 29.5 Å². The van der Waals surface area contributed by atoms with Gasteiger partial charge in [0.1, 0.15) is 29.0 Å². The molecule has 0 bridgehead atoms. The van der Waals surface area contributed by atoms with Crippen LogP contribution in [0.5, 0.6) is 5.75 Å². The van der Waals surface area contributed by atoms with Crippen molar-refractivity contribution in [2.45, 2.75) is 63.2 Å². The third-order valence-electron chi connectivity index (χ3n) is 7.56. The fraction of sp³-hybridized carbons (Fsp3) is 0.355. The molecule has 3 aromatic rings. The molecule has 240 valence electrons. The van der Waals surface area contributed by atoms with Crippen LogP contribution in [0.3, 0.4) is 0 Å². The lowest BCUT2D eigenvalue weighted by Gasteiger charge is -2.37. The molecule has 1 heterocycles. The van der Waals surface area contributed by atoms with Crippen molar-refractivity contribution in [3.05, 3.63) is 93.0 Å². The topological polar surface area (TPSA) is 120 Å². The number of nitrogens with two attached hydrogens (primary N) is 1. The molecule has 0 aliphatic carbocycles. The molecular weight excluding hydrogens is 642 g/mol. The number of aliphatic hydroxyl groups excluding tert-OH is 1. The zero-order valence-electron chi connectivity index (χ0n) is 24.1. The first-order valence-electron chi connectivity index (χ1n) is 13.6. The standard InChI is InChI=1S/C31H29Cl2F5N4O3/c1-29(2,3)13-23-30(14-39,19-10-7-15(32)11-21(19)34)24(18-5-4-6-20(33)25(18)35)26(42-23)28(44)41-16-8-9-17(27(40)43)22(12-16)45-31(36,37)38/h4-12,23-24,26-27,42-43H,13,40H2,1-3H3,(H,41,44). The van der Waals surface area contributed by atoms with Crippen LogP contribution in [0.2, 0.25) is 10.0 Å². The van der Waals surface area contributed by atoms with E-state index in [1.165, 1.54) is 36.4 Å². The molecule has 0 saturated carbocycles. The van der Waals surface area contributed by atoms with E-state index >= 15 is 8.78 Å². The Kier molecular flexibility index (Phi) is 9.73. The lowest BCUT2D eigenvalue weighted by molar-refractivity contribution is -0.275. The molecule has 3 aromatic carbocycles. The number of carbonyl (C=O) groups excluding carboxylic acids is 1. The molecule has 45 heavy (non-hydrogen) atoms. The first-order chi connectivity index (χ1) is 20.9. The SMILES string of the molecule is CC(C)(C)CC1NC(C(=O)Nc2ccc(C(N)O)c(OC(F)(F)F)c2)C(c2cccc(Cl)c2F)C1(C#N)c1ccc(Cl)cc1F. The van der Waals surface area contributed by atoms with Crippen molar-refractivity contribution in [2.24, 2.45) is 11.1 Å². The summed E-state index contributed by atoms with van der Waals surface area (Å²) in [5.74, 6) is -4.95. The number of halogens is 7. The predicted octanol–water partition coefficient (Wildman–Crippen LogP) is 7.08. The van der Waals surface area contributed by atoms with Gasteiger partial charge < -0.3 is 26.2 Å². The first-order valence-corrected chi connectivity index (χ1v) is 14.3. The lowest BCUT2D eigenvalue weighted by atomic mass is 9.62. The smallest absolute Gasteiger partial charge is 0.405 e. The summed E-state index contributed by atoms with van der Waals surface area (Å²) < 4.78 is 74.8. The van der Waals surface area contributed by atoms with Crippen molar-refractivity contribution in [3.63, 3.8) is 0 Å². The van der Waals surface area contributed by atoms with Gasteiger partial charge >= 0.3 is 6.36 Å². The normalized spacial score (nSPS) is 22.5. The largest absolute Gasteiger partial charge is 0.573 e. The zero-order chi connectivity index (χ0) is 33.5. The second kappa shape index (κ2) is 12.7. The molecule has 1 fully saturated rings. The van der Waals surface area contributed by atoms with Crippen LogP contribution in [0.1, 0.15) is 56.0 Å². The minimum absolute atomic E-state index is 0.0466. The molecule has 4 rings (SSSR count). The molecule has 0 aromatic heterocycles. The van der Waals surface area contributed by atoms with E-state index < -0.39 is 70.3 Å². The van der Waals surface area contributed by atoms with Crippen LogP contribution in [-0.2, 0) is 10.2 Å². The predicted molar refractivity (Wildman–Crippen MR) is 159 cm³/mol. The van der Waals surface area contributed by atoms with Gasteiger partial charge in [-0.1, -0.05) is 62.2 Å². The summed E-state index contributed by atoms with van der Waals surface area (Å²) in [6.07, 6.45) is -6.77. The molecule has 5 unspecified atom stereocenters. The van der Waals surface area contributed by atoms with Crippen LogP contribution in [0.25, 0.3) is 0 Å². The van der Waals surface area contributed by atoms with Gasteiger partial charge in [-0.05, 0) is 47.7 Å². The molecule has 1 amide bonds. The first kappa shape index (κ1) is 34.4. The fourth-order valence-corrected chi connectivity index (χ4v) is 6.19. The van der Waals surface area contributed by atoms with Gasteiger partial charge in [0.25, 0.3) is 0 Å². The van der Waals surface area contributed by atoms with E-state index in [9.17, 15) is 28.3 Å². The molecule has 5 N–H and O–H groups in total. The number of nitrogens with zero attached hydrogens (tertiary/aromatic N) is 1. The number of anilines is 1. The second-order valence-electron chi connectivity index (χ2n) is 11.9. The van der Waals surface area contributed by atoms with E-state index in [1.54, 1.807) is 0 Å². The number of carbonyl (C=O) groups is 1. The maximum atomic E-state index is 15.8. The second-order valence-corrected chi connectivity index (χ2v) is 12.8. The number of amides is 1. The Labute approximate surface area is 266 Å². The van der Waals surface area contributed by atoms with Crippen molar-refractivity contribution in [1.29, 1.82) is 5.26 Å². The van der Waals surface area contributed by atoms with Gasteiger partial charge in [-0.3, -0.25) is 4.79 Å². The minimum Gasteiger partial charge on any atom is -0.405 e. The van der Waals surface area contributed by atoms with E-state index in [1.807, 2.05) is 20.8 Å². The van der Waals surface area contributed by atoms with Crippen molar-refractivity contribution in [3.8, 4) is 11.8 Å². The van der Waals surface area contributed by atoms with Gasteiger partial charge in [0.05, 0.1) is 17.1 Å². The van der Waals surface area contributed by atoms with Gasteiger partial charge in [-0.2, -0.15) is 5.26 Å². The van der Waals surface area contributed by atoms with Gasteiger partial charge in [0.2, 0.25) is 5.91 Å². The Morgan fingerprint density at radius 1 is 1.16 bits per heavy atom.